The third kappa shape index (κ3) is 4.75. The van der Waals surface area contributed by atoms with E-state index in [4.69, 9.17) is 5.73 Å². The van der Waals surface area contributed by atoms with Gasteiger partial charge < -0.3 is 20.4 Å². The first-order chi connectivity index (χ1) is 12.6. The molecule has 0 aliphatic carbocycles. The molecule has 3 aliphatic rings. The predicted octanol–water partition coefficient (Wildman–Crippen LogP) is -0.188. The predicted molar refractivity (Wildman–Crippen MR) is 102 cm³/mol. The average Bonchev–Trinajstić information content (AvgIpc) is 2.68. The molecule has 7 nitrogen and oxygen atoms in total. The van der Waals surface area contributed by atoms with Crippen LogP contribution in [0.1, 0.15) is 32.1 Å². The number of nitrogens with zero attached hydrogens (tertiary/aromatic N) is 4. The first-order valence-corrected chi connectivity index (χ1v) is 10.3. The molecule has 148 valence electrons. The van der Waals surface area contributed by atoms with Crippen LogP contribution in [0.25, 0.3) is 0 Å². The van der Waals surface area contributed by atoms with Gasteiger partial charge in [-0.3, -0.25) is 14.5 Å². The van der Waals surface area contributed by atoms with Crippen LogP contribution in [0, 0.1) is 5.92 Å². The van der Waals surface area contributed by atoms with E-state index in [0.29, 0.717) is 24.9 Å². The van der Waals surface area contributed by atoms with E-state index in [9.17, 15) is 9.59 Å². The van der Waals surface area contributed by atoms with Crippen molar-refractivity contribution in [2.45, 2.75) is 38.1 Å². The Morgan fingerprint density at radius 3 is 2.27 bits per heavy atom. The van der Waals surface area contributed by atoms with E-state index in [2.05, 4.69) is 21.7 Å². The summed E-state index contributed by atoms with van der Waals surface area (Å²) in [7, 11) is 2.12. The SMILES string of the molecule is CN1CCN(C(=O)[C@@H]2CCCN(C3CCN(C(=O)CCN)CC3)C2)CC1. The summed E-state index contributed by atoms with van der Waals surface area (Å²) in [6.07, 6.45) is 4.62. The van der Waals surface area contributed by atoms with Gasteiger partial charge in [0.1, 0.15) is 0 Å². The maximum absolute atomic E-state index is 12.9. The van der Waals surface area contributed by atoms with Crippen molar-refractivity contribution in [2.24, 2.45) is 11.7 Å². The molecule has 0 bridgehead atoms. The first kappa shape index (κ1) is 19.6. The summed E-state index contributed by atoms with van der Waals surface area (Å²) in [5.41, 5.74) is 5.50. The van der Waals surface area contributed by atoms with Crippen molar-refractivity contribution in [3.05, 3.63) is 0 Å². The minimum Gasteiger partial charge on any atom is -0.343 e. The zero-order valence-corrected chi connectivity index (χ0v) is 16.2. The Bertz CT molecular complexity index is 484. The van der Waals surface area contributed by atoms with Crippen molar-refractivity contribution in [3.63, 3.8) is 0 Å². The lowest BCUT2D eigenvalue weighted by Crippen LogP contribution is -2.54. The fourth-order valence-corrected chi connectivity index (χ4v) is 4.59. The third-order valence-electron chi connectivity index (χ3n) is 6.31. The fraction of sp³-hybridized carbons (Fsp3) is 0.895. The smallest absolute Gasteiger partial charge is 0.227 e. The number of piperazine rings is 1. The standard InChI is InChI=1S/C19H35N5O2/c1-21-11-13-23(14-12-21)19(26)16-3-2-8-24(15-16)17-5-9-22(10-6-17)18(25)4-7-20/h16-17H,2-15,20H2,1H3/t16-/m1/s1. The Labute approximate surface area is 157 Å². The Morgan fingerprint density at radius 1 is 0.923 bits per heavy atom. The van der Waals surface area contributed by atoms with Gasteiger partial charge in [0.05, 0.1) is 5.92 Å². The molecule has 2 N–H and O–H groups in total. The summed E-state index contributed by atoms with van der Waals surface area (Å²) in [6, 6.07) is 0.514. The lowest BCUT2D eigenvalue weighted by atomic mass is 9.92. The highest BCUT2D eigenvalue weighted by atomic mass is 16.2. The molecular weight excluding hydrogens is 330 g/mol. The number of nitrogens with two attached hydrogens (primary N) is 1. The van der Waals surface area contributed by atoms with Crippen molar-refractivity contribution in [2.75, 3.05) is 66.0 Å². The van der Waals surface area contributed by atoms with Crippen molar-refractivity contribution < 1.29 is 9.59 Å². The zero-order valence-electron chi connectivity index (χ0n) is 16.2. The van der Waals surface area contributed by atoms with Crippen LogP contribution < -0.4 is 5.73 Å². The van der Waals surface area contributed by atoms with Gasteiger partial charge in [-0.1, -0.05) is 0 Å². The first-order valence-electron chi connectivity index (χ1n) is 10.3. The molecule has 26 heavy (non-hydrogen) atoms. The summed E-state index contributed by atoms with van der Waals surface area (Å²) >= 11 is 0. The number of rotatable bonds is 4. The second-order valence-electron chi connectivity index (χ2n) is 8.11. The largest absolute Gasteiger partial charge is 0.343 e. The van der Waals surface area contributed by atoms with Crippen LogP contribution >= 0.6 is 0 Å². The number of hydrogen-bond donors (Lipinski definition) is 1. The fourth-order valence-electron chi connectivity index (χ4n) is 4.59. The highest BCUT2D eigenvalue weighted by Gasteiger charge is 2.34. The maximum atomic E-state index is 12.9. The number of carbonyl (C=O) groups excluding carboxylic acids is 2. The quantitative estimate of drug-likeness (QED) is 0.748. The summed E-state index contributed by atoms with van der Waals surface area (Å²) < 4.78 is 0. The van der Waals surface area contributed by atoms with Crippen LogP contribution in [0.2, 0.25) is 0 Å². The van der Waals surface area contributed by atoms with E-state index >= 15 is 0 Å². The molecule has 0 aromatic carbocycles. The minimum absolute atomic E-state index is 0.157. The summed E-state index contributed by atoms with van der Waals surface area (Å²) in [5.74, 6) is 0.704. The van der Waals surface area contributed by atoms with Crippen LogP contribution in [-0.2, 0) is 9.59 Å². The average molecular weight is 366 g/mol. The highest BCUT2D eigenvalue weighted by Crippen LogP contribution is 2.25. The molecular formula is C19H35N5O2. The number of amides is 2. The summed E-state index contributed by atoms with van der Waals surface area (Å²) in [4.78, 5) is 33.8. The zero-order chi connectivity index (χ0) is 18.5. The molecule has 3 fully saturated rings. The molecule has 3 aliphatic heterocycles. The van der Waals surface area contributed by atoms with Gasteiger partial charge in [0.2, 0.25) is 11.8 Å². The molecule has 3 saturated heterocycles. The van der Waals surface area contributed by atoms with Crippen molar-refractivity contribution >= 4 is 11.8 Å². The van der Waals surface area contributed by atoms with Crippen LogP contribution in [0.15, 0.2) is 0 Å². The van der Waals surface area contributed by atoms with E-state index < -0.39 is 0 Å². The van der Waals surface area contributed by atoms with Crippen LogP contribution in [0.3, 0.4) is 0 Å². The van der Waals surface area contributed by atoms with E-state index in [1.54, 1.807) is 0 Å². The topological polar surface area (TPSA) is 73.1 Å². The second-order valence-corrected chi connectivity index (χ2v) is 8.11. The normalized spacial score (nSPS) is 26.9. The molecule has 3 heterocycles. The van der Waals surface area contributed by atoms with Gasteiger partial charge in [0.15, 0.2) is 0 Å². The molecule has 0 aromatic heterocycles. The van der Waals surface area contributed by atoms with Gasteiger partial charge in [-0.15, -0.1) is 0 Å². The number of piperidine rings is 2. The molecule has 0 saturated carbocycles. The minimum atomic E-state index is 0.157. The van der Waals surface area contributed by atoms with E-state index in [1.807, 2.05) is 4.90 Å². The number of hydrogen-bond acceptors (Lipinski definition) is 5. The Balaban J connectivity index is 1.48. The summed E-state index contributed by atoms with van der Waals surface area (Å²) in [5, 5.41) is 0. The molecule has 7 heteroatoms. The molecule has 2 amide bonds. The number of likely N-dealkylation sites (N-methyl/N-ethyl adjacent to an activating group) is 1. The Morgan fingerprint density at radius 2 is 1.62 bits per heavy atom. The summed E-state index contributed by atoms with van der Waals surface area (Å²) in [6.45, 7) is 7.78. The molecule has 3 rings (SSSR count). The van der Waals surface area contributed by atoms with Crippen LogP contribution in [0.4, 0.5) is 0 Å². The van der Waals surface area contributed by atoms with Crippen molar-refractivity contribution in [1.82, 2.24) is 19.6 Å². The Hall–Kier alpha value is -1.18. The van der Waals surface area contributed by atoms with E-state index in [-0.39, 0.29) is 11.8 Å². The molecule has 0 unspecified atom stereocenters. The van der Waals surface area contributed by atoms with Crippen molar-refractivity contribution in [3.8, 4) is 0 Å². The molecule has 0 radical (unpaired) electrons. The van der Waals surface area contributed by atoms with E-state index in [1.165, 1.54) is 0 Å². The van der Waals surface area contributed by atoms with E-state index in [0.717, 1.165) is 78.0 Å². The monoisotopic (exact) mass is 365 g/mol. The van der Waals surface area contributed by atoms with Gasteiger partial charge in [-0.05, 0) is 39.3 Å². The van der Waals surface area contributed by atoms with Gasteiger partial charge in [0, 0.05) is 64.8 Å². The number of carbonyl (C=O) groups is 2. The number of likely N-dealkylation sites (tertiary alicyclic amines) is 2. The second kappa shape index (κ2) is 9.15. The van der Waals surface area contributed by atoms with Crippen LogP contribution in [0.5, 0.6) is 0 Å². The van der Waals surface area contributed by atoms with Crippen molar-refractivity contribution in [1.29, 1.82) is 0 Å². The van der Waals surface area contributed by atoms with Gasteiger partial charge >= 0.3 is 0 Å². The lowest BCUT2D eigenvalue weighted by Gasteiger charge is -2.43. The molecule has 1 atom stereocenters. The van der Waals surface area contributed by atoms with Gasteiger partial charge in [0.25, 0.3) is 0 Å². The molecule has 0 aromatic rings. The third-order valence-corrected chi connectivity index (χ3v) is 6.31. The maximum Gasteiger partial charge on any atom is 0.227 e. The van der Waals surface area contributed by atoms with Crippen LogP contribution in [-0.4, -0.2) is 103 Å². The van der Waals surface area contributed by atoms with Gasteiger partial charge in [-0.25, -0.2) is 0 Å². The molecule has 0 spiro atoms. The van der Waals surface area contributed by atoms with Gasteiger partial charge in [-0.2, -0.15) is 0 Å². The lowest BCUT2D eigenvalue weighted by molar-refractivity contribution is -0.139. The highest BCUT2D eigenvalue weighted by molar-refractivity contribution is 5.79. The Kier molecular flexibility index (Phi) is 6.89.